The van der Waals surface area contributed by atoms with Gasteiger partial charge < -0.3 is 6.74 Å². The zero-order valence-electron chi connectivity index (χ0n) is 5.69. The van der Waals surface area contributed by atoms with Crippen LogP contribution in [-0.4, -0.2) is 5.91 Å². The van der Waals surface area contributed by atoms with Crippen molar-refractivity contribution in [2.75, 3.05) is 0 Å². The van der Waals surface area contributed by atoms with Gasteiger partial charge in [-0.05, 0) is 6.20 Å². The second-order valence-electron chi connectivity index (χ2n) is 0.905. The summed E-state index contributed by atoms with van der Waals surface area (Å²) in [6, 6.07) is 0. The van der Waals surface area contributed by atoms with Crippen molar-refractivity contribution in [2.45, 2.75) is 6.92 Å². The second-order valence-corrected chi connectivity index (χ2v) is 0.905. The Bertz CT molecular complexity index is 76.4. The van der Waals surface area contributed by atoms with Crippen LogP contribution in [0.3, 0.4) is 0 Å². The zero-order valence-corrected chi connectivity index (χ0v) is 6.69. The number of rotatable bonds is 1. The van der Waals surface area contributed by atoms with Crippen LogP contribution < -0.4 is 34.9 Å². The van der Waals surface area contributed by atoms with Gasteiger partial charge in [-0.2, -0.15) is 0 Å². The summed E-state index contributed by atoms with van der Waals surface area (Å²) in [4.78, 5) is 9.86. The third-order valence-electron chi connectivity index (χ3n) is 0.305. The largest absolute Gasteiger partial charge is 1.00 e. The van der Waals surface area contributed by atoms with E-state index in [0.717, 1.165) is 0 Å². The number of nitrogens with one attached hydrogen (secondary N) is 1. The molecule has 0 bridgehead atoms. The summed E-state index contributed by atoms with van der Waals surface area (Å²) in [5, 5.41) is 2.33. The van der Waals surface area contributed by atoms with Crippen LogP contribution in [0.4, 0.5) is 0 Å². The number of carbonyl (C=O) groups excluding carboxylic acids is 1. The molecular formula is C4H8NNaO. The van der Waals surface area contributed by atoms with Gasteiger partial charge in [0.05, 0.1) is 0 Å². The van der Waals surface area contributed by atoms with E-state index in [4.69, 9.17) is 0 Å². The Morgan fingerprint density at radius 2 is 2.43 bits per heavy atom. The molecule has 0 saturated heterocycles. The molecule has 0 spiro atoms. The normalized spacial score (nSPS) is 5.86. The first kappa shape index (κ1) is 10.2. The van der Waals surface area contributed by atoms with E-state index < -0.39 is 0 Å². The molecule has 0 atom stereocenters. The average molecular weight is 109 g/mol. The first-order chi connectivity index (χ1) is 2.77. The van der Waals surface area contributed by atoms with Crippen molar-refractivity contribution < 1.29 is 35.8 Å². The van der Waals surface area contributed by atoms with Crippen molar-refractivity contribution in [3.8, 4) is 0 Å². The molecule has 0 aliphatic rings. The van der Waals surface area contributed by atoms with Gasteiger partial charge in [0.15, 0.2) is 0 Å². The fourth-order valence-corrected chi connectivity index (χ4v) is 0.144. The van der Waals surface area contributed by atoms with Gasteiger partial charge in [0.1, 0.15) is 0 Å². The second kappa shape index (κ2) is 6.21. The Morgan fingerprint density at radius 3 is 2.43 bits per heavy atom. The van der Waals surface area contributed by atoms with Crippen molar-refractivity contribution in [1.29, 1.82) is 0 Å². The van der Waals surface area contributed by atoms with Gasteiger partial charge in [-0.1, -0.05) is 6.58 Å². The number of hydrogen-bond donors (Lipinski definition) is 1. The van der Waals surface area contributed by atoms with E-state index in [2.05, 4.69) is 11.9 Å². The fourth-order valence-electron chi connectivity index (χ4n) is 0.144. The van der Waals surface area contributed by atoms with Gasteiger partial charge in [-0.25, -0.2) is 0 Å². The maximum atomic E-state index is 9.86. The number of hydrogen-bond acceptors (Lipinski definition) is 1. The molecule has 36 valence electrons. The molecule has 0 aromatic heterocycles. The van der Waals surface area contributed by atoms with Crippen LogP contribution in [0, 0.1) is 0 Å². The van der Waals surface area contributed by atoms with Crippen molar-refractivity contribution in [2.24, 2.45) is 0 Å². The molecule has 0 aliphatic heterocycles. The maximum absolute atomic E-state index is 9.86. The molecule has 2 nitrogen and oxygen atoms in total. The van der Waals surface area contributed by atoms with Crippen LogP contribution in [0.1, 0.15) is 8.35 Å². The Kier molecular flexibility index (Phi) is 9.09. The van der Waals surface area contributed by atoms with E-state index in [-0.39, 0.29) is 36.9 Å². The molecule has 0 rings (SSSR count). The van der Waals surface area contributed by atoms with Gasteiger partial charge in [-0.15, -0.1) is 0 Å². The molecule has 0 heterocycles. The predicted octanol–water partition coefficient (Wildman–Crippen LogP) is -2.62. The van der Waals surface area contributed by atoms with E-state index in [1.165, 1.54) is 13.1 Å². The van der Waals surface area contributed by atoms with Crippen LogP contribution in [0.2, 0.25) is 0 Å². The molecular weight excluding hydrogens is 101 g/mol. The van der Waals surface area contributed by atoms with Crippen molar-refractivity contribution >= 4 is 5.91 Å². The average Bonchev–Trinajstić information content (AvgIpc) is 1.35. The molecule has 0 radical (unpaired) electrons. The fraction of sp³-hybridized carbons (Fsp3) is 0.250. The monoisotopic (exact) mass is 109 g/mol. The summed E-state index contributed by atoms with van der Waals surface area (Å²) in [6.07, 6.45) is 1.35. The Hall–Kier alpha value is 0.210. The van der Waals surface area contributed by atoms with Gasteiger partial charge in [-0.3, -0.25) is 4.79 Å². The minimum atomic E-state index is -0.0787. The molecule has 0 fully saturated rings. The van der Waals surface area contributed by atoms with Gasteiger partial charge in [0.25, 0.3) is 0 Å². The summed E-state index contributed by atoms with van der Waals surface area (Å²) in [5.74, 6) is -0.0787. The van der Waals surface area contributed by atoms with Crippen LogP contribution >= 0.6 is 0 Å². The molecule has 1 amide bonds. The Balaban J connectivity index is -0.000000125. The smallest absolute Gasteiger partial charge is 1.00 e. The molecule has 1 N–H and O–H groups in total. The predicted molar refractivity (Wildman–Crippen MR) is 25.1 cm³/mol. The first-order valence-electron chi connectivity index (χ1n) is 1.65. The Labute approximate surface area is 66.8 Å². The summed E-state index contributed by atoms with van der Waals surface area (Å²) < 4.78 is 0. The van der Waals surface area contributed by atoms with Crippen LogP contribution in [0.25, 0.3) is 0 Å². The maximum Gasteiger partial charge on any atom is 1.00 e. The quantitative estimate of drug-likeness (QED) is 0.367. The SMILES string of the molecule is C=CNC(C)=O.[H-].[Na+]. The van der Waals surface area contributed by atoms with E-state index in [0.29, 0.717) is 0 Å². The topological polar surface area (TPSA) is 29.1 Å². The van der Waals surface area contributed by atoms with Crippen LogP contribution in [-0.2, 0) is 4.79 Å². The van der Waals surface area contributed by atoms with E-state index >= 15 is 0 Å². The standard InChI is InChI=1S/C4H7NO.Na.H/c1-3-5-4(2)6;;/h3H,1H2,2H3,(H,5,6);;/q;+1;-1. The molecule has 0 saturated carbocycles. The third kappa shape index (κ3) is 10.7. The molecule has 0 aromatic rings. The van der Waals surface area contributed by atoms with Gasteiger partial charge in [0, 0.05) is 6.92 Å². The number of amides is 1. The van der Waals surface area contributed by atoms with Crippen molar-refractivity contribution in [3.63, 3.8) is 0 Å². The summed E-state index contributed by atoms with van der Waals surface area (Å²) in [5.41, 5.74) is 0. The summed E-state index contributed by atoms with van der Waals surface area (Å²) in [7, 11) is 0. The minimum Gasteiger partial charge on any atom is -1.00 e. The van der Waals surface area contributed by atoms with E-state index in [9.17, 15) is 4.79 Å². The molecule has 0 aromatic carbocycles. The summed E-state index contributed by atoms with van der Waals surface area (Å²) in [6.45, 7) is 4.70. The summed E-state index contributed by atoms with van der Waals surface area (Å²) >= 11 is 0. The molecule has 0 unspecified atom stereocenters. The Morgan fingerprint density at radius 1 is 2.00 bits per heavy atom. The van der Waals surface area contributed by atoms with Gasteiger partial charge in [0.2, 0.25) is 5.91 Å². The molecule has 7 heavy (non-hydrogen) atoms. The number of carbonyl (C=O) groups is 1. The minimum absolute atomic E-state index is 0. The molecule has 3 heteroatoms. The van der Waals surface area contributed by atoms with Gasteiger partial charge >= 0.3 is 29.6 Å². The van der Waals surface area contributed by atoms with E-state index in [1.807, 2.05) is 0 Å². The first-order valence-corrected chi connectivity index (χ1v) is 1.65. The third-order valence-corrected chi connectivity index (χ3v) is 0.305. The molecule has 0 aliphatic carbocycles. The van der Waals surface area contributed by atoms with Crippen LogP contribution in [0.5, 0.6) is 0 Å². The van der Waals surface area contributed by atoms with Crippen molar-refractivity contribution in [1.82, 2.24) is 5.32 Å². The van der Waals surface area contributed by atoms with E-state index in [1.54, 1.807) is 0 Å². The van der Waals surface area contributed by atoms with Crippen LogP contribution in [0.15, 0.2) is 12.8 Å². The zero-order chi connectivity index (χ0) is 4.99. The van der Waals surface area contributed by atoms with Crippen molar-refractivity contribution in [3.05, 3.63) is 12.8 Å².